The van der Waals surface area contributed by atoms with Gasteiger partial charge in [-0.1, -0.05) is 0 Å². The zero-order valence-electron chi connectivity index (χ0n) is 7.12. The monoisotopic (exact) mass is 184 g/mol. The quantitative estimate of drug-likeness (QED) is 0.663. The average molecular weight is 184 g/mol. The smallest absolute Gasteiger partial charge is 0.276 e. The van der Waals surface area contributed by atoms with Crippen LogP contribution in [0.3, 0.4) is 0 Å². The molecule has 0 saturated carbocycles. The fraction of sp³-hybridized carbons (Fsp3) is 0.571. The third-order valence-corrected chi connectivity index (χ3v) is 2.05. The topological polar surface area (TPSA) is 61.9 Å². The Labute approximate surface area is 73.9 Å². The fourth-order valence-corrected chi connectivity index (χ4v) is 1.23. The number of nitrogens with one attached hydrogen (secondary N) is 1. The highest BCUT2D eigenvalue weighted by molar-refractivity contribution is 5.93. The number of aromatic amines is 1. The third kappa shape index (κ3) is 1.28. The van der Waals surface area contributed by atoms with Crippen molar-refractivity contribution in [2.24, 2.45) is 0 Å². The summed E-state index contributed by atoms with van der Waals surface area (Å²) in [5.74, 6) is -0.250. The Kier molecular flexibility index (Phi) is 1.75. The summed E-state index contributed by atoms with van der Waals surface area (Å²) < 4.78 is 12.4. The standard InChI is InChI=1S/C7H9FN4O/c1-4-6(10-11-9-4)7(13)12-2-5(8)3-12/h5H,2-3H2,1H3,(H,9,10,11). The molecule has 0 aliphatic carbocycles. The molecule has 0 unspecified atom stereocenters. The molecule has 0 spiro atoms. The fourth-order valence-electron chi connectivity index (χ4n) is 1.23. The molecule has 0 radical (unpaired) electrons. The lowest BCUT2D eigenvalue weighted by Gasteiger charge is -2.33. The second-order valence-electron chi connectivity index (χ2n) is 3.07. The van der Waals surface area contributed by atoms with Crippen molar-refractivity contribution in [3.05, 3.63) is 11.4 Å². The van der Waals surface area contributed by atoms with Gasteiger partial charge in [-0.15, -0.1) is 0 Å². The van der Waals surface area contributed by atoms with Crippen molar-refractivity contribution in [1.82, 2.24) is 20.3 Å². The molecule has 1 saturated heterocycles. The highest BCUT2D eigenvalue weighted by Gasteiger charge is 2.32. The number of H-pyrrole nitrogens is 1. The van der Waals surface area contributed by atoms with Crippen molar-refractivity contribution >= 4 is 5.91 Å². The van der Waals surface area contributed by atoms with Crippen molar-refractivity contribution in [3.8, 4) is 0 Å². The number of rotatable bonds is 1. The number of carbonyl (C=O) groups excluding carboxylic acids is 1. The minimum absolute atomic E-state index is 0.172. The van der Waals surface area contributed by atoms with Gasteiger partial charge in [-0.2, -0.15) is 15.4 Å². The Morgan fingerprint density at radius 1 is 1.62 bits per heavy atom. The van der Waals surface area contributed by atoms with E-state index >= 15 is 0 Å². The van der Waals surface area contributed by atoms with Gasteiger partial charge in [0.25, 0.3) is 5.91 Å². The molecule has 70 valence electrons. The van der Waals surface area contributed by atoms with E-state index in [9.17, 15) is 9.18 Å². The number of carbonyl (C=O) groups is 1. The number of aryl methyl sites for hydroxylation is 1. The first kappa shape index (κ1) is 8.15. The van der Waals surface area contributed by atoms with E-state index in [0.29, 0.717) is 5.69 Å². The van der Waals surface area contributed by atoms with Crippen LogP contribution in [-0.4, -0.2) is 45.5 Å². The summed E-state index contributed by atoms with van der Waals surface area (Å²) in [6.07, 6.45) is -0.879. The molecular weight excluding hydrogens is 175 g/mol. The molecule has 2 heterocycles. The number of hydrogen-bond donors (Lipinski definition) is 1. The molecule has 5 nitrogen and oxygen atoms in total. The first-order valence-electron chi connectivity index (χ1n) is 3.99. The lowest BCUT2D eigenvalue weighted by atomic mass is 10.1. The Bertz CT molecular complexity index is 331. The Hall–Kier alpha value is -1.46. The number of halogens is 1. The molecule has 1 N–H and O–H groups in total. The second kappa shape index (κ2) is 2.79. The van der Waals surface area contributed by atoms with Gasteiger partial charge in [0.05, 0.1) is 18.8 Å². The van der Waals surface area contributed by atoms with Crippen LogP contribution in [0, 0.1) is 6.92 Å². The van der Waals surface area contributed by atoms with Gasteiger partial charge in [0.1, 0.15) is 6.17 Å². The molecule has 1 aliphatic rings. The molecule has 2 rings (SSSR count). The maximum absolute atomic E-state index is 12.4. The highest BCUT2D eigenvalue weighted by atomic mass is 19.1. The summed E-state index contributed by atoms with van der Waals surface area (Å²) in [7, 11) is 0. The summed E-state index contributed by atoms with van der Waals surface area (Å²) in [6, 6.07) is 0. The second-order valence-corrected chi connectivity index (χ2v) is 3.07. The van der Waals surface area contributed by atoms with Gasteiger partial charge in [-0.05, 0) is 6.92 Å². The van der Waals surface area contributed by atoms with Crippen LogP contribution in [-0.2, 0) is 0 Å². The summed E-state index contributed by atoms with van der Waals surface area (Å²) >= 11 is 0. The normalized spacial score (nSPS) is 17.2. The van der Waals surface area contributed by atoms with Gasteiger partial charge in [-0.3, -0.25) is 4.79 Å². The molecule has 1 amide bonds. The number of hydrogen-bond acceptors (Lipinski definition) is 3. The maximum atomic E-state index is 12.4. The van der Waals surface area contributed by atoms with Crippen LogP contribution in [0.15, 0.2) is 0 Å². The third-order valence-electron chi connectivity index (χ3n) is 2.05. The van der Waals surface area contributed by atoms with E-state index < -0.39 is 6.17 Å². The number of alkyl halides is 1. The summed E-state index contributed by atoms with van der Waals surface area (Å²) in [4.78, 5) is 12.9. The molecule has 1 aromatic heterocycles. The molecule has 0 aromatic carbocycles. The van der Waals surface area contributed by atoms with E-state index in [1.165, 1.54) is 4.90 Å². The van der Waals surface area contributed by atoms with Crippen LogP contribution >= 0.6 is 0 Å². The van der Waals surface area contributed by atoms with Crippen molar-refractivity contribution in [1.29, 1.82) is 0 Å². The van der Waals surface area contributed by atoms with Gasteiger partial charge in [0, 0.05) is 0 Å². The van der Waals surface area contributed by atoms with E-state index in [1.807, 2.05) is 0 Å². The molecule has 1 aromatic rings. The van der Waals surface area contributed by atoms with Crippen LogP contribution in [0.4, 0.5) is 4.39 Å². The summed E-state index contributed by atoms with van der Waals surface area (Å²) in [5.41, 5.74) is 0.833. The van der Waals surface area contributed by atoms with E-state index in [2.05, 4.69) is 15.4 Å². The first-order valence-corrected chi connectivity index (χ1v) is 3.99. The van der Waals surface area contributed by atoms with E-state index in [4.69, 9.17) is 0 Å². The molecule has 1 aliphatic heterocycles. The van der Waals surface area contributed by atoms with E-state index in [0.717, 1.165) is 0 Å². The average Bonchev–Trinajstić information content (AvgIpc) is 2.44. The van der Waals surface area contributed by atoms with Gasteiger partial charge in [0.15, 0.2) is 5.69 Å². The predicted octanol–water partition coefficient (Wildman–Crippen LogP) is -0.0930. The molecule has 0 atom stereocenters. The van der Waals surface area contributed by atoms with Crippen LogP contribution in [0.1, 0.15) is 16.2 Å². The zero-order chi connectivity index (χ0) is 9.42. The Morgan fingerprint density at radius 3 is 2.77 bits per heavy atom. The minimum Gasteiger partial charge on any atom is -0.331 e. The molecular formula is C7H9FN4O. The van der Waals surface area contributed by atoms with Gasteiger partial charge >= 0.3 is 0 Å². The molecule has 0 bridgehead atoms. The van der Waals surface area contributed by atoms with Crippen molar-refractivity contribution in [3.63, 3.8) is 0 Å². The lowest BCUT2D eigenvalue weighted by Crippen LogP contribution is -2.51. The van der Waals surface area contributed by atoms with E-state index in [-0.39, 0.29) is 24.7 Å². The lowest BCUT2D eigenvalue weighted by molar-refractivity contribution is 0.0394. The van der Waals surface area contributed by atoms with Gasteiger partial charge in [-0.25, -0.2) is 4.39 Å². The minimum atomic E-state index is -0.879. The predicted molar refractivity (Wildman–Crippen MR) is 41.9 cm³/mol. The number of nitrogens with zero attached hydrogens (tertiary/aromatic N) is 3. The summed E-state index contributed by atoms with van der Waals surface area (Å²) in [5, 5.41) is 9.77. The van der Waals surface area contributed by atoms with Crippen LogP contribution < -0.4 is 0 Å². The number of amides is 1. The van der Waals surface area contributed by atoms with Crippen LogP contribution in [0.25, 0.3) is 0 Å². The van der Waals surface area contributed by atoms with Crippen molar-refractivity contribution < 1.29 is 9.18 Å². The Morgan fingerprint density at radius 2 is 2.31 bits per heavy atom. The molecule has 1 fully saturated rings. The summed E-state index contributed by atoms with van der Waals surface area (Å²) in [6.45, 7) is 2.03. The Balaban J connectivity index is 2.10. The van der Waals surface area contributed by atoms with Crippen molar-refractivity contribution in [2.45, 2.75) is 13.1 Å². The zero-order valence-corrected chi connectivity index (χ0v) is 7.12. The molecule has 6 heteroatoms. The SMILES string of the molecule is Cc1n[nH]nc1C(=O)N1CC(F)C1. The molecule has 13 heavy (non-hydrogen) atoms. The largest absolute Gasteiger partial charge is 0.331 e. The van der Waals surface area contributed by atoms with Crippen LogP contribution in [0.2, 0.25) is 0 Å². The van der Waals surface area contributed by atoms with Crippen LogP contribution in [0.5, 0.6) is 0 Å². The number of aromatic nitrogens is 3. The van der Waals surface area contributed by atoms with Gasteiger partial charge in [0.2, 0.25) is 0 Å². The number of likely N-dealkylation sites (tertiary alicyclic amines) is 1. The van der Waals surface area contributed by atoms with Crippen molar-refractivity contribution in [2.75, 3.05) is 13.1 Å². The highest BCUT2D eigenvalue weighted by Crippen LogP contribution is 2.15. The maximum Gasteiger partial charge on any atom is 0.276 e. The van der Waals surface area contributed by atoms with Gasteiger partial charge < -0.3 is 4.90 Å². The first-order chi connectivity index (χ1) is 6.18. The van der Waals surface area contributed by atoms with E-state index in [1.54, 1.807) is 6.92 Å².